The van der Waals surface area contributed by atoms with Crippen molar-refractivity contribution in [3.8, 4) is 0 Å². The molecule has 16 heavy (non-hydrogen) atoms. The molecule has 3 nitrogen and oxygen atoms in total. The van der Waals surface area contributed by atoms with E-state index in [0.717, 1.165) is 0 Å². The van der Waals surface area contributed by atoms with Gasteiger partial charge in [0.05, 0.1) is 0 Å². The van der Waals surface area contributed by atoms with Crippen molar-refractivity contribution in [3.05, 3.63) is 42.5 Å². The topological polar surface area (TPSA) is 46.5 Å². The van der Waals surface area contributed by atoms with Crippen LogP contribution in [0, 0.1) is 0 Å². The predicted octanol–water partition coefficient (Wildman–Crippen LogP) is 4.13. The van der Waals surface area contributed by atoms with Crippen LogP contribution in [0.5, 0.6) is 0 Å². The Labute approximate surface area is 97.7 Å². The lowest BCUT2D eigenvalue weighted by molar-refractivity contribution is 0.393. The Kier molecular flexibility index (Phi) is 8.41. The molecule has 0 amide bonds. The first-order chi connectivity index (χ1) is 7.61. The van der Waals surface area contributed by atoms with Gasteiger partial charge in [-0.05, 0) is 6.58 Å². The van der Waals surface area contributed by atoms with Crippen molar-refractivity contribution in [1.29, 1.82) is 0 Å². The van der Waals surface area contributed by atoms with Crippen molar-refractivity contribution in [1.82, 2.24) is 0 Å². The molecule has 0 aliphatic rings. The minimum atomic E-state index is -2.61. The molecule has 0 bridgehead atoms. The second-order valence-corrected chi connectivity index (χ2v) is 3.78. The van der Waals surface area contributed by atoms with Gasteiger partial charge in [-0.1, -0.05) is 57.0 Å². The average Bonchev–Trinajstić information content (AvgIpc) is 2.30. The molecule has 0 aliphatic heterocycles. The summed E-state index contributed by atoms with van der Waals surface area (Å²) < 4.78 is 14.8. The summed E-state index contributed by atoms with van der Waals surface area (Å²) in [4.78, 5) is 8.41. The van der Waals surface area contributed by atoms with E-state index in [1.54, 1.807) is 24.3 Å². The lowest BCUT2D eigenvalue weighted by atomic mass is 10.2. The van der Waals surface area contributed by atoms with Crippen molar-refractivity contribution in [2.24, 2.45) is 0 Å². The highest BCUT2D eigenvalue weighted by Gasteiger charge is 2.15. The molecule has 1 aromatic carbocycles. The van der Waals surface area contributed by atoms with Gasteiger partial charge >= 0.3 is 8.25 Å². The minimum absolute atomic E-state index is 0.208. The molecule has 1 aromatic rings. The molecule has 1 unspecified atom stereocenters. The Morgan fingerprint density at radius 2 is 1.81 bits per heavy atom. The molecule has 1 rings (SSSR count). The van der Waals surface area contributed by atoms with Crippen LogP contribution in [0.1, 0.15) is 32.3 Å². The Bertz CT molecular complexity index is 320. The highest BCUT2D eigenvalue weighted by molar-refractivity contribution is 7.32. The SMILES string of the molecule is C=C(O[P+](=O)O)c1ccccc1.CCCC. The molecular weight excluding hydrogens is 223 g/mol. The lowest BCUT2D eigenvalue weighted by Crippen LogP contribution is -1.81. The zero-order valence-electron chi connectivity index (χ0n) is 9.72. The van der Waals surface area contributed by atoms with Gasteiger partial charge in [-0.25, -0.2) is 4.52 Å². The van der Waals surface area contributed by atoms with E-state index in [0.29, 0.717) is 5.56 Å². The first kappa shape index (κ1) is 14.8. The lowest BCUT2D eigenvalue weighted by Gasteiger charge is -1.95. The van der Waals surface area contributed by atoms with Gasteiger partial charge in [0.1, 0.15) is 0 Å². The number of hydrogen-bond acceptors (Lipinski definition) is 2. The van der Waals surface area contributed by atoms with Crippen LogP contribution >= 0.6 is 8.25 Å². The van der Waals surface area contributed by atoms with E-state index < -0.39 is 8.25 Å². The summed E-state index contributed by atoms with van der Waals surface area (Å²) in [5, 5.41) is 0. The molecule has 0 aliphatic carbocycles. The smallest absolute Gasteiger partial charge is 0.229 e. The fourth-order valence-electron chi connectivity index (χ4n) is 0.771. The third-order valence-electron chi connectivity index (χ3n) is 1.78. The zero-order chi connectivity index (χ0) is 12.4. The fourth-order valence-corrected chi connectivity index (χ4v) is 1.06. The third kappa shape index (κ3) is 7.16. The summed E-state index contributed by atoms with van der Waals surface area (Å²) in [6, 6.07) is 8.95. The van der Waals surface area contributed by atoms with Crippen molar-refractivity contribution < 1.29 is 14.0 Å². The standard InChI is InChI=1S/C8H7O3P.C4H10/c1-7(11-12(9)10)8-5-3-2-4-6-8;1-3-4-2/h2-6H,1H2;3-4H2,1-2H3/p+1. The third-order valence-corrected chi connectivity index (χ3v) is 2.16. The largest absolute Gasteiger partial charge is 0.747 e. The first-order valence-corrected chi connectivity index (χ1v) is 6.33. The average molecular weight is 241 g/mol. The van der Waals surface area contributed by atoms with Crippen LogP contribution in [-0.4, -0.2) is 4.89 Å². The van der Waals surface area contributed by atoms with Crippen molar-refractivity contribution in [3.63, 3.8) is 0 Å². The van der Waals surface area contributed by atoms with E-state index in [2.05, 4.69) is 25.0 Å². The summed E-state index contributed by atoms with van der Waals surface area (Å²) in [6.07, 6.45) is 2.64. The van der Waals surface area contributed by atoms with Gasteiger partial charge in [-0.2, -0.15) is 0 Å². The van der Waals surface area contributed by atoms with Crippen LogP contribution in [0.25, 0.3) is 5.76 Å². The number of hydrogen-bond donors (Lipinski definition) is 1. The van der Waals surface area contributed by atoms with Gasteiger partial charge in [0.2, 0.25) is 0 Å². The molecule has 0 spiro atoms. The Hall–Kier alpha value is -1.18. The molecule has 0 saturated heterocycles. The van der Waals surface area contributed by atoms with E-state index >= 15 is 0 Å². The van der Waals surface area contributed by atoms with Gasteiger partial charge in [-0.3, -0.25) is 0 Å². The van der Waals surface area contributed by atoms with Gasteiger partial charge in [0.25, 0.3) is 0 Å². The molecule has 0 fully saturated rings. The maximum absolute atomic E-state index is 10.2. The van der Waals surface area contributed by atoms with E-state index in [1.165, 1.54) is 12.8 Å². The van der Waals surface area contributed by atoms with Gasteiger partial charge < -0.3 is 0 Å². The molecule has 0 heterocycles. The maximum atomic E-state index is 10.2. The molecule has 1 atom stereocenters. The quantitative estimate of drug-likeness (QED) is 0.636. The summed E-state index contributed by atoms with van der Waals surface area (Å²) in [5.41, 5.74) is 0.704. The number of benzene rings is 1. The summed E-state index contributed by atoms with van der Waals surface area (Å²) >= 11 is 0. The molecule has 0 saturated carbocycles. The Morgan fingerprint density at radius 1 is 1.31 bits per heavy atom. The first-order valence-electron chi connectivity index (χ1n) is 5.20. The molecule has 88 valence electrons. The van der Waals surface area contributed by atoms with Crippen LogP contribution in [-0.2, 0) is 9.09 Å². The normalized spacial score (nSPS) is 9.81. The van der Waals surface area contributed by atoms with E-state index in [-0.39, 0.29) is 5.76 Å². The highest BCUT2D eigenvalue weighted by atomic mass is 31.1. The zero-order valence-corrected chi connectivity index (χ0v) is 10.6. The van der Waals surface area contributed by atoms with Crippen LogP contribution in [0.2, 0.25) is 0 Å². The molecule has 4 heteroatoms. The number of unbranched alkanes of at least 4 members (excludes halogenated alkanes) is 1. The molecular formula is C12H18O3P+. The molecule has 0 aromatic heterocycles. The Balaban J connectivity index is 0.000000487. The molecule has 0 radical (unpaired) electrons. The van der Waals surface area contributed by atoms with Gasteiger partial charge in [-0.15, -0.1) is 4.89 Å². The monoisotopic (exact) mass is 241 g/mol. The van der Waals surface area contributed by atoms with Gasteiger partial charge in [0.15, 0.2) is 5.76 Å². The predicted molar refractivity (Wildman–Crippen MR) is 67.0 cm³/mol. The summed E-state index contributed by atoms with van der Waals surface area (Å²) in [7, 11) is -2.61. The molecule has 1 N–H and O–H groups in total. The van der Waals surface area contributed by atoms with Gasteiger partial charge in [0, 0.05) is 10.1 Å². The van der Waals surface area contributed by atoms with E-state index in [4.69, 9.17) is 4.89 Å². The second kappa shape index (κ2) is 9.08. The van der Waals surface area contributed by atoms with Crippen molar-refractivity contribution in [2.45, 2.75) is 26.7 Å². The van der Waals surface area contributed by atoms with Crippen molar-refractivity contribution in [2.75, 3.05) is 0 Å². The summed E-state index contributed by atoms with van der Waals surface area (Å²) in [5.74, 6) is 0.208. The number of rotatable bonds is 4. The highest BCUT2D eigenvalue weighted by Crippen LogP contribution is 2.25. The fraction of sp³-hybridized carbons (Fsp3) is 0.333. The maximum Gasteiger partial charge on any atom is 0.747 e. The van der Waals surface area contributed by atoms with Crippen LogP contribution in [0.3, 0.4) is 0 Å². The second-order valence-electron chi connectivity index (χ2n) is 3.12. The Morgan fingerprint density at radius 3 is 2.19 bits per heavy atom. The van der Waals surface area contributed by atoms with Crippen LogP contribution in [0.15, 0.2) is 36.9 Å². The van der Waals surface area contributed by atoms with Crippen LogP contribution in [0.4, 0.5) is 0 Å². The summed E-state index contributed by atoms with van der Waals surface area (Å²) in [6.45, 7) is 7.86. The van der Waals surface area contributed by atoms with E-state index in [9.17, 15) is 4.57 Å². The van der Waals surface area contributed by atoms with Crippen LogP contribution < -0.4 is 0 Å². The van der Waals surface area contributed by atoms with Crippen molar-refractivity contribution >= 4 is 14.0 Å². The minimum Gasteiger partial charge on any atom is -0.229 e. The van der Waals surface area contributed by atoms with E-state index in [1.807, 2.05) is 6.07 Å².